The second kappa shape index (κ2) is 7.73. The molecule has 0 spiro atoms. The molecule has 1 unspecified atom stereocenters. The second-order valence-electron chi connectivity index (χ2n) is 5.32. The van der Waals surface area contributed by atoms with Crippen molar-refractivity contribution in [2.24, 2.45) is 5.73 Å². The molecule has 0 saturated carbocycles. The van der Waals surface area contributed by atoms with Gasteiger partial charge in [0.2, 0.25) is 10.0 Å². The maximum absolute atomic E-state index is 12.2. The number of hydrogen-bond acceptors (Lipinski definition) is 4. The van der Waals surface area contributed by atoms with Crippen LogP contribution in [0, 0.1) is 0 Å². The van der Waals surface area contributed by atoms with Gasteiger partial charge in [-0.1, -0.05) is 12.1 Å². The quantitative estimate of drug-likeness (QED) is 0.745. The Balaban J connectivity index is 2.72. The fourth-order valence-corrected chi connectivity index (χ4v) is 3.29. The van der Waals surface area contributed by atoms with Gasteiger partial charge in [-0.3, -0.25) is 0 Å². The first-order valence-corrected chi connectivity index (χ1v) is 8.29. The predicted molar refractivity (Wildman–Crippen MR) is 82.2 cm³/mol. The molecule has 0 aromatic heterocycles. The molecule has 0 aliphatic rings. The van der Waals surface area contributed by atoms with E-state index in [0.717, 1.165) is 18.4 Å². The molecule has 1 rings (SSSR count). The molecule has 5 nitrogen and oxygen atoms in total. The van der Waals surface area contributed by atoms with Gasteiger partial charge in [-0.05, 0) is 58.1 Å². The molecule has 0 fully saturated rings. The van der Waals surface area contributed by atoms with Crippen LogP contribution in [0.1, 0.15) is 18.9 Å². The third-order valence-corrected chi connectivity index (χ3v) is 4.50. The number of nitrogens with one attached hydrogen (secondary N) is 1. The molecule has 0 aliphatic heterocycles. The average Bonchev–Trinajstić information content (AvgIpc) is 2.35. The number of nitrogens with zero attached hydrogens (tertiary/aromatic N) is 1. The monoisotopic (exact) mass is 299 g/mol. The van der Waals surface area contributed by atoms with Gasteiger partial charge in [-0.25, -0.2) is 13.1 Å². The van der Waals surface area contributed by atoms with E-state index in [2.05, 4.69) is 4.72 Å². The fraction of sp³-hybridized carbons (Fsp3) is 0.571. The Bertz CT molecular complexity index is 498. The predicted octanol–water partition coefficient (Wildman–Crippen LogP) is 0.806. The highest BCUT2D eigenvalue weighted by Gasteiger charge is 2.17. The van der Waals surface area contributed by atoms with E-state index in [1.54, 1.807) is 12.1 Å². The van der Waals surface area contributed by atoms with Crippen molar-refractivity contribution in [1.82, 2.24) is 9.62 Å². The first-order valence-electron chi connectivity index (χ1n) is 6.81. The van der Waals surface area contributed by atoms with E-state index in [0.29, 0.717) is 18.0 Å². The fourth-order valence-electron chi connectivity index (χ4n) is 2.06. The molecular weight excluding hydrogens is 274 g/mol. The maximum Gasteiger partial charge on any atom is 0.240 e. The van der Waals surface area contributed by atoms with Crippen molar-refractivity contribution in [3.05, 3.63) is 29.8 Å². The second-order valence-corrected chi connectivity index (χ2v) is 7.03. The zero-order valence-electron chi connectivity index (χ0n) is 12.5. The number of rotatable bonds is 8. The van der Waals surface area contributed by atoms with Crippen LogP contribution in [0.2, 0.25) is 0 Å². The summed E-state index contributed by atoms with van der Waals surface area (Å²) in [5, 5.41) is 0. The van der Waals surface area contributed by atoms with Crippen molar-refractivity contribution in [2.75, 3.05) is 27.2 Å². The summed E-state index contributed by atoms with van der Waals surface area (Å²) in [5.41, 5.74) is 6.57. The summed E-state index contributed by atoms with van der Waals surface area (Å²) < 4.78 is 27.1. The van der Waals surface area contributed by atoms with Crippen LogP contribution >= 0.6 is 0 Å². The topological polar surface area (TPSA) is 75.4 Å². The van der Waals surface area contributed by atoms with Crippen LogP contribution < -0.4 is 10.5 Å². The molecule has 0 saturated heterocycles. The van der Waals surface area contributed by atoms with Crippen molar-refractivity contribution < 1.29 is 8.42 Å². The Labute approximate surface area is 122 Å². The molecule has 1 aromatic rings. The van der Waals surface area contributed by atoms with E-state index in [1.165, 1.54) is 0 Å². The van der Waals surface area contributed by atoms with Crippen LogP contribution in [-0.2, 0) is 16.4 Å². The van der Waals surface area contributed by atoms with Crippen LogP contribution in [-0.4, -0.2) is 46.5 Å². The lowest BCUT2D eigenvalue weighted by molar-refractivity contribution is 0.370. The van der Waals surface area contributed by atoms with E-state index < -0.39 is 10.0 Å². The lowest BCUT2D eigenvalue weighted by Crippen LogP contribution is -2.39. The summed E-state index contributed by atoms with van der Waals surface area (Å²) in [6, 6.07) is 6.86. The van der Waals surface area contributed by atoms with Gasteiger partial charge in [0.1, 0.15) is 0 Å². The summed E-state index contributed by atoms with van der Waals surface area (Å²) >= 11 is 0. The Morgan fingerprint density at radius 1 is 1.25 bits per heavy atom. The molecule has 6 heteroatoms. The van der Waals surface area contributed by atoms with E-state index >= 15 is 0 Å². The summed E-state index contributed by atoms with van der Waals surface area (Å²) in [4.78, 5) is 2.25. The summed E-state index contributed by atoms with van der Waals surface area (Å²) in [7, 11) is 0.384. The minimum absolute atomic E-state index is 0.132. The molecule has 0 amide bonds. The molecular formula is C14H25N3O2S. The summed E-state index contributed by atoms with van der Waals surface area (Å²) in [6.45, 7) is 3.16. The SMILES string of the molecule is CC(CN(C)C)NS(=O)(=O)c1ccc(CCCN)cc1. The number of nitrogens with two attached hydrogens (primary N) is 1. The Kier molecular flexibility index (Phi) is 6.61. The van der Waals surface area contributed by atoms with Gasteiger partial charge >= 0.3 is 0 Å². The number of likely N-dealkylation sites (N-methyl/N-ethyl adjacent to an activating group) is 1. The number of benzene rings is 1. The van der Waals surface area contributed by atoms with Gasteiger partial charge in [0.25, 0.3) is 0 Å². The third-order valence-electron chi connectivity index (χ3n) is 2.90. The number of sulfonamides is 1. The molecule has 0 heterocycles. The van der Waals surface area contributed by atoms with E-state index in [1.807, 2.05) is 38.1 Å². The molecule has 1 atom stereocenters. The van der Waals surface area contributed by atoms with Crippen molar-refractivity contribution in [3.63, 3.8) is 0 Å². The van der Waals surface area contributed by atoms with Gasteiger partial charge in [0.05, 0.1) is 4.90 Å². The van der Waals surface area contributed by atoms with Crippen LogP contribution in [0.3, 0.4) is 0 Å². The Morgan fingerprint density at radius 3 is 2.35 bits per heavy atom. The van der Waals surface area contributed by atoms with Gasteiger partial charge < -0.3 is 10.6 Å². The van der Waals surface area contributed by atoms with Crippen LogP contribution in [0.15, 0.2) is 29.2 Å². The smallest absolute Gasteiger partial charge is 0.240 e. The molecule has 1 aromatic carbocycles. The highest BCUT2D eigenvalue weighted by Crippen LogP contribution is 2.12. The lowest BCUT2D eigenvalue weighted by atomic mass is 10.1. The third kappa shape index (κ3) is 5.58. The van der Waals surface area contributed by atoms with Gasteiger partial charge in [0, 0.05) is 12.6 Å². The molecule has 0 bridgehead atoms. The summed E-state index contributed by atoms with van der Waals surface area (Å²) in [6.07, 6.45) is 1.78. The van der Waals surface area contributed by atoms with E-state index in [9.17, 15) is 8.42 Å². The van der Waals surface area contributed by atoms with Crippen molar-refractivity contribution in [2.45, 2.75) is 30.7 Å². The molecule has 114 valence electrons. The van der Waals surface area contributed by atoms with Crippen molar-refractivity contribution in [1.29, 1.82) is 0 Å². The van der Waals surface area contributed by atoms with Crippen LogP contribution in [0.25, 0.3) is 0 Å². The maximum atomic E-state index is 12.2. The Morgan fingerprint density at radius 2 is 1.85 bits per heavy atom. The highest BCUT2D eigenvalue weighted by molar-refractivity contribution is 7.89. The first kappa shape index (κ1) is 17.1. The minimum atomic E-state index is -3.44. The zero-order valence-corrected chi connectivity index (χ0v) is 13.3. The van der Waals surface area contributed by atoms with E-state index in [4.69, 9.17) is 5.73 Å². The molecule has 0 aliphatic carbocycles. The van der Waals surface area contributed by atoms with Crippen LogP contribution in [0.5, 0.6) is 0 Å². The van der Waals surface area contributed by atoms with Gasteiger partial charge in [-0.2, -0.15) is 0 Å². The molecule has 0 radical (unpaired) electrons. The zero-order chi connectivity index (χ0) is 15.2. The van der Waals surface area contributed by atoms with Gasteiger partial charge in [-0.15, -0.1) is 0 Å². The molecule has 3 N–H and O–H groups in total. The number of hydrogen-bond donors (Lipinski definition) is 2. The van der Waals surface area contributed by atoms with E-state index in [-0.39, 0.29) is 6.04 Å². The average molecular weight is 299 g/mol. The minimum Gasteiger partial charge on any atom is -0.330 e. The first-order chi connectivity index (χ1) is 9.35. The highest BCUT2D eigenvalue weighted by atomic mass is 32.2. The number of aryl methyl sites for hydroxylation is 1. The summed E-state index contributed by atoms with van der Waals surface area (Å²) in [5.74, 6) is 0. The van der Waals surface area contributed by atoms with Crippen LogP contribution in [0.4, 0.5) is 0 Å². The van der Waals surface area contributed by atoms with Crippen molar-refractivity contribution >= 4 is 10.0 Å². The normalized spacial score (nSPS) is 13.7. The molecule has 20 heavy (non-hydrogen) atoms. The van der Waals surface area contributed by atoms with Crippen molar-refractivity contribution in [3.8, 4) is 0 Å². The largest absolute Gasteiger partial charge is 0.330 e. The standard InChI is InChI=1S/C14H25N3O2S/c1-12(11-17(2)3)16-20(18,19)14-8-6-13(7-9-14)5-4-10-15/h6-9,12,16H,4-5,10-11,15H2,1-3H3. The lowest BCUT2D eigenvalue weighted by Gasteiger charge is -2.18. The Hall–Kier alpha value is -0.950. The van der Waals surface area contributed by atoms with Gasteiger partial charge in [0.15, 0.2) is 0 Å².